The minimum atomic E-state index is 0.680. The molecule has 0 amide bonds. The first kappa shape index (κ1) is 14.3. The number of anilines is 1. The molecule has 106 valence electrons. The molecule has 19 heavy (non-hydrogen) atoms. The van der Waals surface area contributed by atoms with E-state index in [1.165, 1.54) is 37.8 Å². The summed E-state index contributed by atoms with van der Waals surface area (Å²) in [5.41, 5.74) is 7.13. The standard InChI is InChI=1S/C15H26N4/c1-18(2)11-8-14-7-3-4-10-19(14)12-13-6-5-9-17-15(13)16/h5-6,9,14H,3-4,7-8,10-12H2,1-2H3,(H2,16,17)/t14-/m1/s1. The van der Waals surface area contributed by atoms with Crippen molar-refractivity contribution in [1.82, 2.24) is 14.8 Å². The molecule has 1 atom stereocenters. The Balaban J connectivity index is 1.97. The lowest BCUT2D eigenvalue weighted by Gasteiger charge is -2.36. The van der Waals surface area contributed by atoms with Crippen LogP contribution in [0.5, 0.6) is 0 Å². The molecule has 2 N–H and O–H groups in total. The van der Waals surface area contributed by atoms with Crippen molar-refractivity contribution in [2.75, 3.05) is 32.9 Å². The molecule has 1 aliphatic heterocycles. The summed E-state index contributed by atoms with van der Waals surface area (Å²) in [5, 5.41) is 0. The smallest absolute Gasteiger partial charge is 0.127 e. The van der Waals surface area contributed by atoms with Crippen molar-refractivity contribution in [2.45, 2.75) is 38.3 Å². The highest BCUT2D eigenvalue weighted by molar-refractivity contribution is 5.38. The van der Waals surface area contributed by atoms with E-state index in [2.05, 4.69) is 34.9 Å². The first-order valence-corrected chi connectivity index (χ1v) is 7.25. The third-order valence-electron chi connectivity index (χ3n) is 3.96. The molecular weight excluding hydrogens is 236 g/mol. The van der Waals surface area contributed by atoms with E-state index in [4.69, 9.17) is 5.73 Å². The molecule has 1 saturated heterocycles. The Labute approximate surface area is 116 Å². The highest BCUT2D eigenvalue weighted by Crippen LogP contribution is 2.23. The van der Waals surface area contributed by atoms with Crippen LogP contribution in [-0.2, 0) is 6.54 Å². The first-order valence-electron chi connectivity index (χ1n) is 7.25. The maximum atomic E-state index is 5.96. The fourth-order valence-corrected chi connectivity index (χ4v) is 2.81. The third-order valence-corrected chi connectivity index (χ3v) is 3.96. The Morgan fingerprint density at radius 3 is 3.00 bits per heavy atom. The van der Waals surface area contributed by atoms with Crippen LogP contribution in [0, 0.1) is 0 Å². The summed E-state index contributed by atoms with van der Waals surface area (Å²) in [6.45, 7) is 3.29. The van der Waals surface area contributed by atoms with Crippen LogP contribution in [-0.4, -0.2) is 48.0 Å². The number of hydrogen-bond acceptors (Lipinski definition) is 4. The zero-order chi connectivity index (χ0) is 13.7. The minimum absolute atomic E-state index is 0.680. The fourth-order valence-electron chi connectivity index (χ4n) is 2.81. The number of hydrogen-bond donors (Lipinski definition) is 1. The Kier molecular flexibility index (Phi) is 5.16. The van der Waals surface area contributed by atoms with Crippen LogP contribution in [0.4, 0.5) is 5.82 Å². The van der Waals surface area contributed by atoms with E-state index >= 15 is 0 Å². The van der Waals surface area contributed by atoms with Crippen molar-refractivity contribution < 1.29 is 0 Å². The average molecular weight is 262 g/mol. The van der Waals surface area contributed by atoms with Gasteiger partial charge in [-0.2, -0.15) is 0 Å². The topological polar surface area (TPSA) is 45.4 Å². The van der Waals surface area contributed by atoms with Crippen molar-refractivity contribution in [3.05, 3.63) is 23.9 Å². The van der Waals surface area contributed by atoms with E-state index in [1.54, 1.807) is 6.20 Å². The highest BCUT2D eigenvalue weighted by Gasteiger charge is 2.22. The van der Waals surface area contributed by atoms with Crippen molar-refractivity contribution >= 4 is 5.82 Å². The monoisotopic (exact) mass is 262 g/mol. The molecule has 1 aromatic heterocycles. The Hall–Kier alpha value is -1.13. The molecule has 0 bridgehead atoms. The van der Waals surface area contributed by atoms with Gasteiger partial charge in [0.05, 0.1) is 0 Å². The maximum Gasteiger partial charge on any atom is 0.127 e. The summed E-state index contributed by atoms with van der Waals surface area (Å²) in [4.78, 5) is 9.04. The van der Waals surface area contributed by atoms with Gasteiger partial charge in [-0.15, -0.1) is 0 Å². The fraction of sp³-hybridized carbons (Fsp3) is 0.667. The van der Waals surface area contributed by atoms with Gasteiger partial charge in [0.1, 0.15) is 5.82 Å². The molecule has 0 unspecified atom stereocenters. The summed E-state index contributed by atoms with van der Waals surface area (Å²) >= 11 is 0. The predicted molar refractivity (Wildman–Crippen MR) is 79.9 cm³/mol. The maximum absolute atomic E-state index is 5.96. The average Bonchev–Trinajstić information content (AvgIpc) is 2.40. The molecule has 4 heteroatoms. The van der Waals surface area contributed by atoms with Crippen LogP contribution in [0.2, 0.25) is 0 Å². The van der Waals surface area contributed by atoms with E-state index in [9.17, 15) is 0 Å². The molecular formula is C15H26N4. The normalized spacial score (nSPS) is 20.9. The number of nitrogens with zero attached hydrogens (tertiary/aromatic N) is 3. The number of piperidine rings is 1. The first-order chi connectivity index (χ1) is 9.16. The van der Waals surface area contributed by atoms with Gasteiger partial charge in [0.2, 0.25) is 0 Å². The van der Waals surface area contributed by atoms with Crippen LogP contribution in [0.1, 0.15) is 31.2 Å². The zero-order valence-electron chi connectivity index (χ0n) is 12.2. The third kappa shape index (κ3) is 4.18. The molecule has 2 rings (SSSR count). The molecule has 1 aromatic rings. The Bertz CT molecular complexity index is 391. The number of nitrogen functional groups attached to an aromatic ring is 1. The summed E-state index contributed by atoms with van der Waals surface area (Å²) in [6.07, 6.45) is 6.98. The van der Waals surface area contributed by atoms with Crippen molar-refractivity contribution in [1.29, 1.82) is 0 Å². The summed E-state index contributed by atoms with van der Waals surface area (Å²) in [5.74, 6) is 0.680. The molecule has 0 spiro atoms. The SMILES string of the molecule is CN(C)CC[C@H]1CCCCN1Cc1cccnc1N. The Morgan fingerprint density at radius 2 is 2.26 bits per heavy atom. The van der Waals surface area contributed by atoms with Crippen LogP contribution in [0.25, 0.3) is 0 Å². The second kappa shape index (κ2) is 6.87. The van der Waals surface area contributed by atoms with E-state index < -0.39 is 0 Å². The van der Waals surface area contributed by atoms with Gasteiger partial charge in [-0.1, -0.05) is 12.5 Å². The highest BCUT2D eigenvalue weighted by atomic mass is 15.2. The molecule has 0 radical (unpaired) electrons. The van der Waals surface area contributed by atoms with Crippen LogP contribution < -0.4 is 5.73 Å². The molecule has 1 fully saturated rings. The summed E-state index contributed by atoms with van der Waals surface area (Å²) < 4.78 is 0. The van der Waals surface area contributed by atoms with Crippen molar-refractivity contribution in [2.24, 2.45) is 0 Å². The van der Waals surface area contributed by atoms with Crippen LogP contribution >= 0.6 is 0 Å². The lowest BCUT2D eigenvalue weighted by molar-refractivity contribution is 0.125. The number of pyridine rings is 1. The predicted octanol–water partition coefficient (Wildman–Crippen LogP) is 1.97. The van der Waals surface area contributed by atoms with Gasteiger partial charge in [0.25, 0.3) is 0 Å². The molecule has 0 saturated carbocycles. The van der Waals surface area contributed by atoms with Gasteiger partial charge < -0.3 is 10.6 Å². The molecule has 1 aliphatic rings. The quantitative estimate of drug-likeness (QED) is 0.881. The van der Waals surface area contributed by atoms with Crippen LogP contribution in [0.3, 0.4) is 0 Å². The van der Waals surface area contributed by atoms with Gasteiger partial charge in [-0.25, -0.2) is 4.98 Å². The van der Waals surface area contributed by atoms with Gasteiger partial charge in [-0.05, 0) is 52.5 Å². The lowest BCUT2D eigenvalue weighted by atomic mass is 9.98. The minimum Gasteiger partial charge on any atom is -0.383 e. The van der Waals surface area contributed by atoms with Gasteiger partial charge >= 0.3 is 0 Å². The second-order valence-corrected chi connectivity index (χ2v) is 5.76. The van der Waals surface area contributed by atoms with E-state index in [0.717, 1.165) is 13.1 Å². The van der Waals surface area contributed by atoms with Gasteiger partial charge in [0.15, 0.2) is 0 Å². The molecule has 0 aromatic carbocycles. The van der Waals surface area contributed by atoms with E-state index in [0.29, 0.717) is 11.9 Å². The summed E-state index contributed by atoms with van der Waals surface area (Å²) in [6, 6.07) is 4.76. The van der Waals surface area contributed by atoms with Gasteiger partial charge in [-0.3, -0.25) is 4.90 Å². The second-order valence-electron chi connectivity index (χ2n) is 5.76. The van der Waals surface area contributed by atoms with Gasteiger partial charge in [0, 0.05) is 24.3 Å². The molecule has 2 heterocycles. The van der Waals surface area contributed by atoms with Crippen LogP contribution in [0.15, 0.2) is 18.3 Å². The van der Waals surface area contributed by atoms with Crippen molar-refractivity contribution in [3.8, 4) is 0 Å². The van der Waals surface area contributed by atoms with E-state index in [1.807, 2.05) is 6.07 Å². The molecule has 4 nitrogen and oxygen atoms in total. The zero-order valence-corrected chi connectivity index (χ0v) is 12.2. The number of nitrogens with two attached hydrogens (primary N) is 1. The number of likely N-dealkylation sites (tertiary alicyclic amines) is 1. The summed E-state index contributed by atoms with van der Waals surface area (Å²) in [7, 11) is 4.29. The van der Waals surface area contributed by atoms with Crippen molar-refractivity contribution in [3.63, 3.8) is 0 Å². The number of rotatable bonds is 5. The largest absolute Gasteiger partial charge is 0.383 e. The van der Waals surface area contributed by atoms with E-state index in [-0.39, 0.29) is 0 Å². The molecule has 0 aliphatic carbocycles. The Morgan fingerprint density at radius 1 is 1.42 bits per heavy atom. The number of aromatic nitrogens is 1. The lowest BCUT2D eigenvalue weighted by Crippen LogP contribution is -2.40.